The summed E-state index contributed by atoms with van der Waals surface area (Å²) in [5.41, 5.74) is 0.816. The molecular weight excluding hydrogens is 328 g/mol. The number of ketones is 1. The van der Waals surface area contributed by atoms with Gasteiger partial charge in [0.05, 0.1) is 0 Å². The largest absolute Gasteiger partial charge is 0.305 e. The molecule has 1 atom stereocenters. The zero-order chi connectivity index (χ0) is 15.2. The van der Waals surface area contributed by atoms with Gasteiger partial charge in [0.2, 0.25) is 0 Å². The second-order valence-electron chi connectivity index (χ2n) is 6.07. The number of likely N-dealkylation sites (tertiary alicyclic amines) is 1. The Hall–Kier alpha value is -0.710. The van der Waals surface area contributed by atoms with Crippen molar-refractivity contribution in [3.05, 3.63) is 34.3 Å². The van der Waals surface area contributed by atoms with Crippen molar-refractivity contribution in [2.75, 3.05) is 33.7 Å². The van der Waals surface area contributed by atoms with Crippen LogP contribution in [0.3, 0.4) is 0 Å². The van der Waals surface area contributed by atoms with Crippen LogP contribution < -0.4 is 0 Å². The minimum Gasteiger partial charge on any atom is -0.305 e. The Labute approximate surface area is 136 Å². The summed E-state index contributed by atoms with van der Waals surface area (Å²) in [5.74, 6) is 0.244. The molecule has 0 radical (unpaired) electrons. The fraction of sp³-hybridized carbons (Fsp3) is 0.588. The molecule has 3 nitrogen and oxygen atoms in total. The fourth-order valence-corrected chi connectivity index (χ4v) is 3.21. The van der Waals surface area contributed by atoms with E-state index in [1.165, 1.54) is 19.4 Å². The summed E-state index contributed by atoms with van der Waals surface area (Å²) < 4.78 is 1.01. The Balaban J connectivity index is 1.68. The topological polar surface area (TPSA) is 23.6 Å². The molecule has 1 aromatic rings. The summed E-state index contributed by atoms with van der Waals surface area (Å²) in [4.78, 5) is 16.9. The molecule has 0 aliphatic carbocycles. The lowest BCUT2D eigenvalue weighted by Crippen LogP contribution is -2.37. The van der Waals surface area contributed by atoms with Crippen molar-refractivity contribution >= 4 is 21.7 Å². The Kier molecular flexibility index (Phi) is 6.40. The van der Waals surface area contributed by atoms with Crippen LogP contribution in [0.4, 0.5) is 0 Å². The SMILES string of the molecule is CN(CCCC(=O)c1ccc(Br)cc1)CC1CCCN1C. The summed E-state index contributed by atoms with van der Waals surface area (Å²) in [5, 5.41) is 0. The maximum atomic E-state index is 12.1. The second-order valence-corrected chi connectivity index (χ2v) is 6.99. The summed E-state index contributed by atoms with van der Waals surface area (Å²) in [6.45, 7) is 3.33. The average Bonchev–Trinajstić information content (AvgIpc) is 2.85. The predicted molar refractivity (Wildman–Crippen MR) is 90.9 cm³/mol. The van der Waals surface area contributed by atoms with E-state index in [9.17, 15) is 4.79 Å². The minimum absolute atomic E-state index is 0.244. The summed E-state index contributed by atoms with van der Waals surface area (Å²) in [6.07, 6.45) is 4.18. The molecule has 1 aliphatic rings. The Morgan fingerprint density at radius 1 is 1.38 bits per heavy atom. The lowest BCUT2D eigenvalue weighted by atomic mass is 10.1. The van der Waals surface area contributed by atoms with E-state index in [0.717, 1.165) is 29.5 Å². The van der Waals surface area contributed by atoms with Crippen LogP contribution in [0.5, 0.6) is 0 Å². The van der Waals surface area contributed by atoms with Crippen LogP contribution in [0.2, 0.25) is 0 Å². The van der Waals surface area contributed by atoms with Gasteiger partial charge >= 0.3 is 0 Å². The molecule has 0 saturated carbocycles. The predicted octanol–water partition coefficient (Wildman–Crippen LogP) is 3.44. The standard InChI is InChI=1S/C17H25BrN2O/c1-19(13-16-5-3-12-20(16)2)11-4-6-17(21)14-7-9-15(18)10-8-14/h7-10,16H,3-6,11-13H2,1-2H3. The molecule has 0 bridgehead atoms. The molecule has 0 aromatic heterocycles. The van der Waals surface area contributed by atoms with Crippen molar-refractivity contribution in [1.82, 2.24) is 9.80 Å². The van der Waals surface area contributed by atoms with Gasteiger partial charge in [0.15, 0.2) is 5.78 Å². The number of Topliss-reactive ketones (excluding diaryl/α,β-unsaturated/α-hetero) is 1. The summed E-state index contributed by atoms with van der Waals surface area (Å²) in [7, 11) is 4.37. The first-order valence-electron chi connectivity index (χ1n) is 7.74. The van der Waals surface area contributed by atoms with E-state index in [2.05, 4.69) is 39.8 Å². The minimum atomic E-state index is 0.244. The van der Waals surface area contributed by atoms with Gasteiger partial charge in [0.1, 0.15) is 0 Å². The normalized spacial score (nSPS) is 19.3. The molecule has 0 spiro atoms. The molecular formula is C17H25BrN2O. The van der Waals surface area contributed by atoms with E-state index in [0.29, 0.717) is 12.5 Å². The number of carbonyl (C=O) groups excluding carboxylic acids is 1. The van der Waals surface area contributed by atoms with Gasteiger partial charge in [0.25, 0.3) is 0 Å². The number of benzene rings is 1. The van der Waals surface area contributed by atoms with Crippen LogP contribution in [-0.4, -0.2) is 55.4 Å². The molecule has 1 aromatic carbocycles. The van der Waals surface area contributed by atoms with Gasteiger partial charge in [-0.2, -0.15) is 0 Å². The zero-order valence-corrected chi connectivity index (χ0v) is 14.6. The monoisotopic (exact) mass is 352 g/mol. The molecule has 4 heteroatoms. The number of likely N-dealkylation sites (N-methyl/N-ethyl adjacent to an activating group) is 2. The van der Waals surface area contributed by atoms with Crippen LogP contribution in [0, 0.1) is 0 Å². The number of rotatable bonds is 7. The number of carbonyl (C=O) groups is 1. The first-order valence-corrected chi connectivity index (χ1v) is 8.53. The highest BCUT2D eigenvalue weighted by atomic mass is 79.9. The number of halogens is 1. The maximum absolute atomic E-state index is 12.1. The third kappa shape index (κ3) is 5.20. The van der Waals surface area contributed by atoms with E-state index >= 15 is 0 Å². The van der Waals surface area contributed by atoms with E-state index in [1.807, 2.05) is 24.3 Å². The van der Waals surface area contributed by atoms with Gasteiger partial charge in [-0.25, -0.2) is 0 Å². The Bertz CT molecular complexity index is 460. The first-order chi connectivity index (χ1) is 10.1. The Morgan fingerprint density at radius 3 is 2.71 bits per heavy atom. The molecule has 1 heterocycles. The molecule has 1 fully saturated rings. The number of hydrogen-bond acceptors (Lipinski definition) is 3. The van der Waals surface area contributed by atoms with Gasteiger partial charge in [-0.1, -0.05) is 28.1 Å². The van der Waals surface area contributed by atoms with Crippen LogP contribution in [0.25, 0.3) is 0 Å². The quantitative estimate of drug-likeness (QED) is 0.702. The molecule has 1 saturated heterocycles. The smallest absolute Gasteiger partial charge is 0.162 e. The van der Waals surface area contributed by atoms with E-state index in [1.54, 1.807) is 0 Å². The van der Waals surface area contributed by atoms with Gasteiger partial charge in [-0.15, -0.1) is 0 Å². The van der Waals surface area contributed by atoms with Crippen LogP contribution in [0.1, 0.15) is 36.0 Å². The van der Waals surface area contributed by atoms with Gasteiger partial charge in [-0.3, -0.25) is 4.79 Å². The molecule has 2 rings (SSSR count). The van der Waals surface area contributed by atoms with Crippen LogP contribution >= 0.6 is 15.9 Å². The molecule has 0 amide bonds. The van der Waals surface area contributed by atoms with E-state index in [-0.39, 0.29) is 5.78 Å². The molecule has 1 unspecified atom stereocenters. The van der Waals surface area contributed by atoms with Crippen molar-refractivity contribution in [2.24, 2.45) is 0 Å². The van der Waals surface area contributed by atoms with Gasteiger partial charge in [0, 0.05) is 29.0 Å². The highest BCUT2D eigenvalue weighted by molar-refractivity contribution is 9.10. The summed E-state index contributed by atoms with van der Waals surface area (Å²) >= 11 is 3.39. The third-order valence-electron chi connectivity index (χ3n) is 4.30. The lowest BCUT2D eigenvalue weighted by Gasteiger charge is -2.25. The van der Waals surface area contributed by atoms with E-state index < -0.39 is 0 Å². The molecule has 0 N–H and O–H groups in total. The van der Waals surface area contributed by atoms with Crippen molar-refractivity contribution in [3.8, 4) is 0 Å². The lowest BCUT2D eigenvalue weighted by molar-refractivity contribution is 0.0975. The zero-order valence-electron chi connectivity index (χ0n) is 13.0. The fourth-order valence-electron chi connectivity index (χ4n) is 2.95. The third-order valence-corrected chi connectivity index (χ3v) is 4.83. The highest BCUT2D eigenvalue weighted by Crippen LogP contribution is 2.16. The molecule has 116 valence electrons. The van der Waals surface area contributed by atoms with Crippen LogP contribution in [-0.2, 0) is 0 Å². The van der Waals surface area contributed by atoms with Crippen LogP contribution in [0.15, 0.2) is 28.7 Å². The van der Waals surface area contributed by atoms with Gasteiger partial charge in [-0.05, 0) is 58.6 Å². The highest BCUT2D eigenvalue weighted by Gasteiger charge is 2.21. The maximum Gasteiger partial charge on any atom is 0.162 e. The van der Waals surface area contributed by atoms with Crippen molar-refractivity contribution < 1.29 is 4.79 Å². The second kappa shape index (κ2) is 8.06. The van der Waals surface area contributed by atoms with Crippen molar-refractivity contribution in [1.29, 1.82) is 0 Å². The average molecular weight is 353 g/mol. The number of hydrogen-bond donors (Lipinski definition) is 0. The first kappa shape index (κ1) is 16.7. The number of nitrogens with zero attached hydrogens (tertiary/aromatic N) is 2. The van der Waals surface area contributed by atoms with E-state index in [4.69, 9.17) is 0 Å². The Morgan fingerprint density at radius 2 is 2.10 bits per heavy atom. The molecule has 21 heavy (non-hydrogen) atoms. The van der Waals surface area contributed by atoms with Gasteiger partial charge < -0.3 is 9.80 Å². The van der Waals surface area contributed by atoms with Crippen molar-refractivity contribution in [3.63, 3.8) is 0 Å². The molecule has 1 aliphatic heterocycles. The summed E-state index contributed by atoms with van der Waals surface area (Å²) in [6, 6.07) is 8.33. The van der Waals surface area contributed by atoms with Crippen molar-refractivity contribution in [2.45, 2.75) is 31.7 Å².